The van der Waals surface area contributed by atoms with Crippen LogP contribution in [0.2, 0.25) is 0 Å². The molecular weight excluding hydrogens is 294 g/mol. The SMILES string of the molecule is CC(Oc1ccc2nc(N)sc2c1)c1cc(F)cc(F)c1. The molecule has 1 aromatic heterocycles. The number of nitrogen functional groups attached to an aromatic ring is 1. The van der Waals surface area contributed by atoms with Crippen molar-refractivity contribution in [1.82, 2.24) is 4.98 Å². The van der Waals surface area contributed by atoms with Crippen molar-refractivity contribution in [3.8, 4) is 5.75 Å². The molecule has 0 radical (unpaired) electrons. The summed E-state index contributed by atoms with van der Waals surface area (Å²) >= 11 is 1.36. The summed E-state index contributed by atoms with van der Waals surface area (Å²) in [5, 5.41) is 0.488. The van der Waals surface area contributed by atoms with Crippen molar-refractivity contribution in [2.75, 3.05) is 5.73 Å². The zero-order valence-corrected chi connectivity index (χ0v) is 12.0. The zero-order chi connectivity index (χ0) is 15.0. The van der Waals surface area contributed by atoms with Crippen LogP contribution in [0.1, 0.15) is 18.6 Å². The number of nitrogens with zero attached hydrogens (tertiary/aromatic N) is 1. The van der Waals surface area contributed by atoms with E-state index in [9.17, 15) is 8.78 Å². The molecule has 3 aromatic rings. The fourth-order valence-corrected chi connectivity index (χ4v) is 2.84. The van der Waals surface area contributed by atoms with Crippen LogP contribution in [0.15, 0.2) is 36.4 Å². The van der Waals surface area contributed by atoms with E-state index >= 15 is 0 Å². The average Bonchev–Trinajstić information content (AvgIpc) is 2.77. The molecule has 1 unspecified atom stereocenters. The maximum Gasteiger partial charge on any atom is 0.181 e. The third kappa shape index (κ3) is 2.95. The molecule has 1 heterocycles. The second-order valence-corrected chi connectivity index (χ2v) is 5.71. The van der Waals surface area contributed by atoms with Gasteiger partial charge in [0.2, 0.25) is 0 Å². The number of fused-ring (bicyclic) bond motifs is 1. The maximum atomic E-state index is 13.2. The Balaban J connectivity index is 1.86. The number of rotatable bonds is 3. The van der Waals surface area contributed by atoms with Crippen LogP contribution in [0, 0.1) is 11.6 Å². The molecule has 0 bridgehead atoms. The first-order valence-corrected chi connectivity index (χ1v) is 7.11. The highest BCUT2D eigenvalue weighted by Gasteiger charge is 2.11. The number of anilines is 1. The van der Waals surface area contributed by atoms with E-state index < -0.39 is 17.7 Å². The van der Waals surface area contributed by atoms with Gasteiger partial charge in [-0.2, -0.15) is 0 Å². The zero-order valence-electron chi connectivity index (χ0n) is 11.1. The molecular formula is C15H12F2N2OS. The minimum atomic E-state index is -0.619. The molecule has 0 saturated heterocycles. The van der Waals surface area contributed by atoms with Crippen molar-refractivity contribution in [2.24, 2.45) is 0 Å². The highest BCUT2D eigenvalue weighted by molar-refractivity contribution is 7.22. The average molecular weight is 306 g/mol. The molecule has 1 atom stereocenters. The van der Waals surface area contributed by atoms with Gasteiger partial charge in [-0.1, -0.05) is 11.3 Å². The summed E-state index contributed by atoms with van der Waals surface area (Å²) in [6.07, 6.45) is -0.474. The molecule has 2 aromatic carbocycles. The number of halogens is 2. The standard InChI is InChI=1S/C15H12F2N2OS/c1-8(9-4-10(16)6-11(17)5-9)20-12-2-3-13-14(7-12)21-15(18)19-13/h2-8H,1H3,(H2,18,19). The summed E-state index contributed by atoms with van der Waals surface area (Å²) in [6.45, 7) is 1.74. The minimum Gasteiger partial charge on any atom is -0.486 e. The molecule has 0 saturated carbocycles. The summed E-state index contributed by atoms with van der Waals surface area (Å²) in [5.41, 5.74) is 6.89. The highest BCUT2D eigenvalue weighted by Crippen LogP contribution is 2.30. The molecule has 3 rings (SSSR count). The summed E-state index contributed by atoms with van der Waals surface area (Å²) in [7, 11) is 0. The van der Waals surface area contributed by atoms with Gasteiger partial charge in [0, 0.05) is 6.07 Å². The van der Waals surface area contributed by atoms with Crippen LogP contribution < -0.4 is 10.5 Å². The van der Waals surface area contributed by atoms with Crippen molar-refractivity contribution >= 4 is 26.7 Å². The van der Waals surface area contributed by atoms with E-state index in [0.29, 0.717) is 16.4 Å². The lowest BCUT2D eigenvalue weighted by molar-refractivity contribution is 0.226. The Kier molecular flexibility index (Phi) is 3.47. The number of thiazole rings is 1. The Morgan fingerprint density at radius 1 is 1.14 bits per heavy atom. The van der Waals surface area contributed by atoms with Gasteiger partial charge < -0.3 is 10.5 Å². The van der Waals surface area contributed by atoms with E-state index in [1.807, 2.05) is 6.07 Å². The molecule has 0 aliphatic heterocycles. The quantitative estimate of drug-likeness (QED) is 0.785. The summed E-state index contributed by atoms with van der Waals surface area (Å²) in [4.78, 5) is 4.16. The molecule has 6 heteroatoms. The summed E-state index contributed by atoms with van der Waals surface area (Å²) < 4.78 is 33.1. The first kappa shape index (κ1) is 13.8. The van der Waals surface area contributed by atoms with E-state index in [1.165, 1.54) is 23.5 Å². The van der Waals surface area contributed by atoms with Gasteiger partial charge in [0.15, 0.2) is 5.13 Å². The van der Waals surface area contributed by atoms with Crippen LogP contribution in [0.25, 0.3) is 10.2 Å². The van der Waals surface area contributed by atoms with Crippen molar-refractivity contribution < 1.29 is 13.5 Å². The Hall–Kier alpha value is -2.21. The normalized spacial score (nSPS) is 12.5. The van der Waals surface area contributed by atoms with Gasteiger partial charge in [-0.05, 0) is 42.8 Å². The van der Waals surface area contributed by atoms with E-state index in [2.05, 4.69) is 4.98 Å². The molecule has 0 aliphatic carbocycles. The van der Waals surface area contributed by atoms with Crippen LogP contribution in [-0.4, -0.2) is 4.98 Å². The van der Waals surface area contributed by atoms with Gasteiger partial charge >= 0.3 is 0 Å². The van der Waals surface area contributed by atoms with Crippen molar-refractivity contribution in [3.05, 3.63) is 53.6 Å². The monoisotopic (exact) mass is 306 g/mol. The number of nitrogens with two attached hydrogens (primary N) is 1. The lowest BCUT2D eigenvalue weighted by atomic mass is 10.1. The molecule has 108 valence electrons. The second-order valence-electron chi connectivity index (χ2n) is 4.64. The van der Waals surface area contributed by atoms with Crippen molar-refractivity contribution in [1.29, 1.82) is 0 Å². The van der Waals surface area contributed by atoms with E-state index in [0.717, 1.165) is 16.3 Å². The lowest BCUT2D eigenvalue weighted by Crippen LogP contribution is -2.04. The molecule has 0 spiro atoms. The lowest BCUT2D eigenvalue weighted by Gasteiger charge is -2.15. The van der Waals surface area contributed by atoms with Crippen molar-refractivity contribution in [3.63, 3.8) is 0 Å². The first-order valence-electron chi connectivity index (χ1n) is 6.30. The largest absolute Gasteiger partial charge is 0.486 e. The van der Waals surface area contributed by atoms with Crippen LogP contribution in [0.3, 0.4) is 0 Å². The van der Waals surface area contributed by atoms with E-state index in [1.54, 1.807) is 19.1 Å². The highest BCUT2D eigenvalue weighted by atomic mass is 32.1. The molecule has 0 aliphatic rings. The number of hydrogen-bond acceptors (Lipinski definition) is 4. The maximum absolute atomic E-state index is 13.2. The molecule has 0 fully saturated rings. The van der Waals surface area contributed by atoms with Crippen LogP contribution in [-0.2, 0) is 0 Å². The van der Waals surface area contributed by atoms with Gasteiger partial charge in [-0.25, -0.2) is 13.8 Å². The van der Waals surface area contributed by atoms with Gasteiger partial charge in [-0.3, -0.25) is 0 Å². The third-order valence-electron chi connectivity index (χ3n) is 3.04. The Labute approximate surface area is 124 Å². The smallest absolute Gasteiger partial charge is 0.181 e. The van der Waals surface area contributed by atoms with Gasteiger partial charge in [-0.15, -0.1) is 0 Å². The minimum absolute atomic E-state index is 0.441. The Bertz CT molecular complexity index is 783. The Morgan fingerprint density at radius 2 is 1.86 bits per heavy atom. The summed E-state index contributed by atoms with van der Waals surface area (Å²) in [5.74, 6) is -0.638. The van der Waals surface area contributed by atoms with Crippen LogP contribution >= 0.6 is 11.3 Å². The fraction of sp³-hybridized carbons (Fsp3) is 0.133. The summed E-state index contributed by atoms with van der Waals surface area (Å²) in [6, 6.07) is 8.73. The molecule has 2 N–H and O–H groups in total. The number of ether oxygens (including phenoxy) is 1. The topological polar surface area (TPSA) is 48.1 Å². The second kappa shape index (κ2) is 5.29. The molecule has 3 nitrogen and oxygen atoms in total. The number of aromatic nitrogens is 1. The van der Waals surface area contributed by atoms with E-state index in [4.69, 9.17) is 10.5 Å². The third-order valence-corrected chi connectivity index (χ3v) is 3.89. The van der Waals surface area contributed by atoms with Gasteiger partial charge in [0.05, 0.1) is 10.2 Å². The van der Waals surface area contributed by atoms with Crippen LogP contribution in [0.5, 0.6) is 5.75 Å². The van der Waals surface area contributed by atoms with E-state index in [-0.39, 0.29) is 0 Å². The first-order chi connectivity index (χ1) is 10.0. The number of benzene rings is 2. The van der Waals surface area contributed by atoms with Crippen molar-refractivity contribution in [2.45, 2.75) is 13.0 Å². The predicted octanol–water partition coefficient (Wildman–Crippen LogP) is 4.30. The molecule has 0 amide bonds. The fourth-order valence-electron chi connectivity index (χ4n) is 2.08. The predicted molar refractivity (Wildman–Crippen MR) is 79.4 cm³/mol. The van der Waals surface area contributed by atoms with Gasteiger partial charge in [0.25, 0.3) is 0 Å². The van der Waals surface area contributed by atoms with Gasteiger partial charge in [0.1, 0.15) is 23.5 Å². The number of hydrogen-bond donors (Lipinski definition) is 1. The molecule has 21 heavy (non-hydrogen) atoms. The van der Waals surface area contributed by atoms with Crippen LogP contribution in [0.4, 0.5) is 13.9 Å². The Morgan fingerprint density at radius 3 is 2.57 bits per heavy atom.